The molecular formula is C16H20O5. The van der Waals surface area contributed by atoms with Crippen molar-refractivity contribution in [3.05, 3.63) is 35.9 Å². The summed E-state index contributed by atoms with van der Waals surface area (Å²) in [5.74, 6) is -0.553. The van der Waals surface area contributed by atoms with Crippen molar-refractivity contribution in [2.75, 3.05) is 6.61 Å². The van der Waals surface area contributed by atoms with Crippen molar-refractivity contribution >= 4 is 11.9 Å². The Kier molecular flexibility index (Phi) is 4.96. The molecule has 1 unspecified atom stereocenters. The van der Waals surface area contributed by atoms with Crippen LogP contribution in [0.25, 0.3) is 0 Å². The fraction of sp³-hybridized carbons (Fsp3) is 0.500. The lowest BCUT2D eigenvalue weighted by Gasteiger charge is -2.15. The summed E-state index contributed by atoms with van der Waals surface area (Å²) in [7, 11) is 0. The van der Waals surface area contributed by atoms with Crippen LogP contribution in [0.2, 0.25) is 0 Å². The molecule has 5 heteroatoms. The van der Waals surface area contributed by atoms with Crippen molar-refractivity contribution in [1.82, 2.24) is 0 Å². The van der Waals surface area contributed by atoms with E-state index in [9.17, 15) is 9.59 Å². The van der Waals surface area contributed by atoms with Crippen LogP contribution < -0.4 is 0 Å². The molecule has 2 rings (SSSR count). The zero-order chi connectivity index (χ0) is 15.4. The molecule has 21 heavy (non-hydrogen) atoms. The van der Waals surface area contributed by atoms with Crippen molar-refractivity contribution in [3.8, 4) is 0 Å². The standard InChI is InChI=1S/C16H20O5/c1-10-11(2)16(20-12(3)17)21-14(10)9-19-15(18)13-7-5-4-6-8-13/h4-8,10-11,14,16H,9H2,1-3H3/t10-,11-,14+,16?/m0/s1. The van der Waals surface area contributed by atoms with Crippen LogP contribution in [0.3, 0.4) is 0 Å². The van der Waals surface area contributed by atoms with E-state index in [2.05, 4.69) is 0 Å². The van der Waals surface area contributed by atoms with Crippen LogP contribution in [-0.2, 0) is 19.0 Å². The summed E-state index contributed by atoms with van der Waals surface area (Å²) in [6, 6.07) is 8.80. The van der Waals surface area contributed by atoms with Crippen LogP contribution in [0.15, 0.2) is 30.3 Å². The fourth-order valence-electron chi connectivity index (χ4n) is 2.31. The van der Waals surface area contributed by atoms with Crippen LogP contribution in [-0.4, -0.2) is 30.9 Å². The van der Waals surface area contributed by atoms with Gasteiger partial charge in [0.15, 0.2) is 0 Å². The van der Waals surface area contributed by atoms with Gasteiger partial charge in [-0.1, -0.05) is 32.0 Å². The van der Waals surface area contributed by atoms with Gasteiger partial charge in [-0.15, -0.1) is 0 Å². The predicted octanol–water partition coefficient (Wildman–Crippen LogP) is 2.40. The first kappa shape index (κ1) is 15.5. The highest BCUT2D eigenvalue weighted by Crippen LogP contribution is 2.33. The van der Waals surface area contributed by atoms with E-state index in [0.717, 1.165) is 0 Å². The van der Waals surface area contributed by atoms with E-state index in [4.69, 9.17) is 14.2 Å². The molecule has 0 aromatic heterocycles. The van der Waals surface area contributed by atoms with E-state index in [1.807, 2.05) is 19.9 Å². The molecule has 0 aliphatic carbocycles. The number of carbonyl (C=O) groups is 2. The smallest absolute Gasteiger partial charge is 0.338 e. The molecule has 0 radical (unpaired) electrons. The van der Waals surface area contributed by atoms with Gasteiger partial charge in [0.25, 0.3) is 0 Å². The van der Waals surface area contributed by atoms with E-state index in [1.54, 1.807) is 24.3 Å². The van der Waals surface area contributed by atoms with Gasteiger partial charge in [0.1, 0.15) is 6.61 Å². The Morgan fingerprint density at radius 3 is 2.43 bits per heavy atom. The summed E-state index contributed by atoms with van der Waals surface area (Å²) in [6.07, 6.45) is -0.838. The van der Waals surface area contributed by atoms with Crippen LogP contribution >= 0.6 is 0 Å². The fourth-order valence-corrected chi connectivity index (χ4v) is 2.31. The number of carbonyl (C=O) groups excluding carboxylic acids is 2. The lowest BCUT2D eigenvalue weighted by atomic mass is 9.94. The van der Waals surface area contributed by atoms with E-state index >= 15 is 0 Å². The van der Waals surface area contributed by atoms with Gasteiger partial charge in [-0.3, -0.25) is 4.79 Å². The maximum Gasteiger partial charge on any atom is 0.338 e. The summed E-state index contributed by atoms with van der Waals surface area (Å²) in [6.45, 7) is 5.45. The zero-order valence-corrected chi connectivity index (χ0v) is 12.4. The van der Waals surface area contributed by atoms with E-state index in [1.165, 1.54) is 6.92 Å². The molecule has 1 heterocycles. The first-order chi connectivity index (χ1) is 9.99. The van der Waals surface area contributed by atoms with Gasteiger partial charge in [-0.25, -0.2) is 4.79 Å². The number of benzene rings is 1. The number of ether oxygens (including phenoxy) is 3. The zero-order valence-electron chi connectivity index (χ0n) is 12.4. The Labute approximate surface area is 124 Å². The second-order valence-electron chi connectivity index (χ2n) is 5.34. The summed E-state index contributed by atoms with van der Waals surface area (Å²) in [4.78, 5) is 22.9. The van der Waals surface area contributed by atoms with Crippen molar-refractivity contribution in [2.24, 2.45) is 11.8 Å². The van der Waals surface area contributed by atoms with E-state index in [0.29, 0.717) is 5.56 Å². The maximum atomic E-state index is 11.9. The molecular weight excluding hydrogens is 272 g/mol. The van der Waals surface area contributed by atoms with Crippen molar-refractivity contribution < 1.29 is 23.8 Å². The first-order valence-corrected chi connectivity index (χ1v) is 7.04. The number of hydrogen-bond acceptors (Lipinski definition) is 5. The van der Waals surface area contributed by atoms with Gasteiger partial charge in [0.05, 0.1) is 11.7 Å². The van der Waals surface area contributed by atoms with Gasteiger partial charge in [0, 0.05) is 12.8 Å². The van der Waals surface area contributed by atoms with Crippen LogP contribution in [0.1, 0.15) is 31.1 Å². The average Bonchev–Trinajstić information content (AvgIpc) is 2.73. The molecule has 0 spiro atoms. The third-order valence-corrected chi connectivity index (χ3v) is 3.82. The molecule has 1 aliphatic heterocycles. The Morgan fingerprint density at radius 1 is 1.14 bits per heavy atom. The molecule has 1 fully saturated rings. The summed E-state index contributed by atoms with van der Waals surface area (Å²) < 4.78 is 16.1. The minimum atomic E-state index is -0.571. The number of rotatable bonds is 4. The lowest BCUT2D eigenvalue weighted by Crippen LogP contribution is -2.24. The van der Waals surface area contributed by atoms with Crippen LogP contribution in [0, 0.1) is 11.8 Å². The molecule has 1 saturated heterocycles. The Morgan fingerprint density at radius 2 is 1.81 bits per heavy atom. The van der Waals surface area contributed by atoms with Gasteiger partial charge in [-0.05, 0) is 18.1 Å². The quantitative estimate of drug-likeness (QED) is 0.797. The van der Waals surface area contributed by atoms with Gasteiger partial charge < -0.3 is 14.2 Å². The molecule has 1 aromatic carbocycles. The second kappa shape index (κ2) is 6.72. The number of esters is 2. The largest absolute Gasteiger partial charge is 0.459 e. The second-order valence-corrected chi connectivity index (χ2v) is 5.34. The minimum Gasteiger partial charge on any atom is -0.459 e. The third-order valence-electron chi connectivity index (χ3n) is 3.82. The molecule has 5 nitrogen and oxygen atoms in total. The molecule has 114 valence electrons. The van der Waals surface area contributed by atoms with Gasteiger partial charge >= 0.3 is 11.9 Å². The first-order valence-electron chi connectivity index (χ1n) is 7.04. The third kappa shape index (κ3) is 3.82. The monoisotopic (exact) mass is 292 g/mol. The van der Waals surface area contributed by atoms with Crippen molar-refractivity contribution in [3.63, 3.8) is 0 Å². The van der Waals surface area contributed by atoms with Gasteiger partial charge in [-0.2, -0.15) is 0 Å². The highest BCUT2D eigenvalue weighted by Gasteiger charge is 2.41. The highest BCUT2D eigenvalue weighted by molar-refractivity contribution is 5.89. The highest BCUT2D eigenvalue weighted by atomic mass is 16.7. The lowest BCUT2D eigenvalue weighted by molar-refractivity contribution is -0.180. The average molecular weight is 292 g/mol. The maximum absolute atomic E-state index is 11.9. The van der Waals surface area contributed by atoms with Crippen LogP contribution in [0.5, 0.6) is 0 Å². The molecule has 4 atom stereocenters. The normalized spacial score (nSPS) is 28.1. The van der Waals surface area contributed by atoms with Gasteiger partial charge in [0.2, 0.25) is 6.29 Å². The summed E-state index contributed by atoms with van der Waals surface area (Å²) in [5, 5.41) is 0. The number of hydrogen-bond donors (Lipinski definition) is 0. The molecule has 0 N–H and O–H groups in total. The van der Waals surface area contributed by atoms with Crippen molar-refractivity contribution in [2.45, 2.75) is 33.2 Å². The minimum absolute atomic E-state index is 0.0642. The predicted molar refractivity (Wildman–Crippen MR) is 75.5 cm³/mol. The molecule has 0 bridgehead atoms. The Hall–Kier alpha value is -1.88. The van der Waals surface area contributed by atoms with E-state index in [-0.39, 0.29) is 36.5 Å². The molecule has 0 amide bonds. The van der Waals surface area contributed by atoms with Crippen LogP contribution in [0.4, 0.5) is 0 Å². The van der Waals surface area contributed by atoms with Crippen molar-refractivity contribution in [1.29, 1.82) is 0 Å². The van der Waals surface area contributed by atoms with E-state index < -0.39 is 6.29 Å². The summed E-state index contributed by atoms with van der Waals surface area (Å²) >= 11 is 0. The molecule has 1 aromatic rings. The Bertz CT molecular complexity index is 499. The SMILES string of the molecule is CC(=O)OC1O[C@H](COC(=O)c2ccccc2)[C@@H](C)[C@@H]1C. The summed E-state index contributed by atoms with van der Waals surface area (Å²) in [5.41, 5.74) is 0.507. The molecule has 0 saturated carbocycles. The topological polar surface area (TPSA) is 61.8 Å². The molecule has 1 aliphatic rings. The Balaban J connectivity index is 1.89.